The Bertz CT molecular complexity index is 825. The third-order valence-corrected chi connectivity index (χ3v) is 4.10. The van der Waals surface area contributed by atoms with Crippen molar-refractivity contribution in [2.75, 3.05) is 44.8 Å². The van der Waals surface area contributed by atoms with Crippen molar-refractivity contribution in [3.05, 3.63) is 18.5 Å². The molecular formula is C17H19N5O3. The summed E-state index contributed by atoms with van der Waals surface area (Å²) in [6, 6.07) is 3.23. The van der Waals surface area contributed by atoms with Crippen LogP contribution in [0.2, 0.25) is 0 Å². The Balaban J connectivity index is 1.94. The van der Waals surface area contributed by atoms with E-state index in [1.165, 1.54) is 6.33 Å². The van der Waals surface area contributed by atoms with Crippen LogP contribution in [-0.2, 0) is 0 Å². The number of fused-ring (bicyclic) bond motifs is 1. The van der Waals surface area contributed by atoms with Crippen LogP contribution in [-0.4, -0.2) is 60.8 Å². The van der Waals surface area contributed by atoms with Crippen molar-refractivity contribution in [1.82, 2.24) is 14.9 Å². The molecule has 0 atom stereocenters. The molecule has 2 N–H and O–H groups in total. The van der Waals surface area contributed by atoms with Crippen molar-refractivity contribution < 1.29 is 14.3 Å². The Morgan fingerprint density at radius 3 is 2.68 bits per heavy atom. The highest BCUT2D eigenvalue weighted by Gasteiger charge is 2.22. The van der Waals surface area contributed by atoms with Gasteiger partial charge in [0, 0.05) is 37.6 Å². The minimum absolute atomic E-state index is 0.148. The molecule has 1 aromatic carbocycles. The Morgan fingerprint density at radius 1 is 1.28 bits per heavy atom. The van der Waals surface area contributed by atoms with E-state index in [1.54, 1.807) is 18.1 Å². The maximum atomic E-state index is 11.3. The summed E-state index contributed by atoms with van der Waals surface area (Å²) < 4.78 is 10.9. The van der Waals surface area contributed by atoms with Crippen LogP contribution in [0, 0.1) is 12.3 Å². The van der Waals surface area contributed by atoms with E-state index in [0.29, 0.717) is 37.7 Å². The maximum absolute atomic E-state index is 11.3. The fraction of sp³-hybridized carbons (Fsp3) is 0.353. The summed E-state index contributed by atoms with van der Waals surface area (Å²) in [6.07, 6.45) is 6.76. The molecule has 8 heteroatoms. The number of nitrogens with two attached hydrogens (primary N) is 1. The number of carbonyl (C=O) groups is 1. The van der Waals surface area contributed by atoms with Crippen LogP contribution in [0.15, 0.2) is 18.5 Å². The van der Waals surface area contributed by atoms with E-state index in [4.69, 9.17) is 21.6 Å². The lowest BCUT2D eigenvalue weighted by atomic mass is 10.2. The van der Waals surface area contributed by atoms with Gasteiger partial charge in [-0.2, -0.15) is 0 Å². The van der Waals surface area contributed by atoms with E-state index in [1.807, 2.05) is 6.07 Å². The first kappa shape index (κ1) is 16.6. The number of primary amides is 1. The first-order valence-corrected chi connectivity index (χ1v) is 7.82. The van der Waals surface area contributed by atoms with Gasteiger partial charge in [0.1, 0.15) is 18.8 Å². The third-order valence-electron chi connectivity index (χ3n) is 4.10. The van der Waals surface area contributed by atoms with Crippen LogP contribution < -0.4 is 20.1 Å². The van der Waals surface area contributed by atoms with Gasteiger partial charge < -0.3 is 25.0 Å². The van der Waals surface area contributed by atoms with E-state index in [0.717, 1.165) is 16.7 Å². The standard InChI is InChI=1S/C17H19N5O3/c1-3-8-25-15-10-13-12(9-14(15)24-2)16(20-11-19-13)21-4-6-22(7-5-21)17(18)23/h1,9-11H,4-8H2,2H3,(H2,18,23). The summed E-state index contributed by atoms with van der Waals surface area (Å²) in [6.45, 7) is 2.55. The van der Waals surface area contributed by atoms with Crippen LogP contribution >= 0.6 is 0 Å². The molecule has 0 unspecified atom stereocenters. The average molecular weight is 341 g/mol. The van der Waals surface area contributed by atoms with Crippen LogP contribution in [0.1, 0.15) is 0 Å². The number of methoxy groups -OCH3 is 1. The van der Waals surface area contributed by atoms with Crippen LogP contribution in [0.4, 0.5) is 10.6 Å². The lowest BCUT2D eigenvalue weighted by Gasteiger charge is -2.34. The molecule has 0 spiro atoms. The van der Waals surface area contributed by atoms with Crippen molar-refractivity contribution in [1.29, 1.82) is 0 Å². The molecule has 1 fully saturated rings. The van der Waals surface area contributed by atoms with Gasteiger partial charge in [-0.1, -0.05) is 5.92 Å². The van der Waals surface area contributed by atoms with Crippen LogP contribution in [0.25, 0.3) is 10.9 Å². The Morgan fingerprint density at radius 2 is 2.04 bits per heavy atom. The molecule has 2 amide bonds. The van der Waals surface area contributed by atoms with Gasteiger partial charge >= 0.3 is 6.03 Å². The topological polar surface area (TPSA) is 93.8 Å². The lowest BCUT2D eigenvalue weighted by molar-refractivity contribution is 0.204. The van der Waals surface area contributed by atoms with Gasteiger partial charge in [-0.25, -0.2) is 14.8 Å². The molecule has 8 nitrogen and oxygen atoms in total. The zero-order valence-corrected chi connectivity index (χ0v) is 13.9. The maximum Gasteiger partial charge on any atom is 0.314 e. The summed E-state index contributed by atoms with van der Waals surface area (Å²) in [5, 5.41) is 0.847. The molecule has 1 aromatic heterocycles. The molecule has 0 radical (unpaired) electrons. The highest BCUT2D eigenvalue weighted by Crippen LogP contribution is 2.35. The molecule has 3 rings (SSSR count). The number of urea groups is 1. The van der Waals surface area contributed by atoms with Gasteiger partial charge in [-0.15, -0.1) is 6.42 Å². The predicted molar refractivity (Wildman–Crippen MR) is 93.8 cm³/mol. The van der Waals surface area contributed by atoms with Gasteiger partial charge in [0.25, 0.3) is 0 Å². The third kappa shape index (κ3) is 3.35. The number of benzene rings is 1. The van der Waals surface area contributed by atoms with Gasteiger partial charge in [0.2, 0.25) is 0 Å². The van der Waals surface area contributed by atoms with Crippen molar-refractivity contribution in [2.24, 2.45) is 5.73 Å². The minimum atomic E-state index is -0.399. The minimum Gasteiger partial charge on any atom is -0.493 e. The van der Waals surface area contributed by atoms with Gasteiger partial charge in [0.05, 0.1) is 12.6 Å². The second-order valence-corrected chi connectivity index (χ2v) is 5.52. The van der Waals surface area contributed by atoms with Crippen molar-refractivity contribution in [3.8, 4) is 23.8 Å². The highest BCUT2D eigenvalue weighted by atomic mass is 16.5. The van der Waals surface area contributed by atoms with Crippen LogP contribution in [0.3, 0.4) is 0 Å². The molecule has 1 saturated heterocycles. The normalized spacial score (nSPS) is 14.2. The number of nitrogens with zero attached hydrogens (tertiary/aromatic N) is 4. The largest absolute Gasteiger partial charge is 0.493 e. The summed E-state index contributed by atoms with van der Waals surface area (Å²) in [5.41, 5.74) is 6.07. The van der Waals surface area contributed by atoms with E-state index in [-0.39, 0.29) is 6.61 Å². The van der Waals surface area contributed by atoms with E-state index < -0.39 is 6.03 Å². The average Bonchev–Trinajstić information content (AvgIpc) is 2.65. The molecular weight excluding hydrogens is 322 g/mol. The Kier molecular flexibility index (Phi) is 4.75. The second kappa shape index (κ2) is 7.13. The number of amides is 2. The SMILES string of the molecule is C#CCOc1cc2ncnc(N3CCN(C(N)=O)CC3)c2cc1OC. The van der Waals surface area contributed by atoms with E-state index >= 15 is 0 Å². The van der Waals surface area contributed by atoms with E-state index in [9.17, 15) is 4.79 Å². The number of hydrogen-bond acceptors (Lipinski definition) is 6. The molecule has 1 aliphatic heterocycles. The second-order valence-electron chi connectivity index (χ2n) is 5.52. The molecule has 130 valence electrons. The van der Waals surface area contributed by atoms with Crippen molar-refractivity contribution in [2.45, 2.75) is 0 Å². The quantitative estimate of drug-likeness (QED) is 0.829. The lowest BCUT2D eigenvalue weighted by Crippen LogP contribution is -2.50. The number of hydrogen-bond donors (Lipinski definition) is 1. The number of piperazine rings is 1. The summed E-state index contributed by atoms with van der Waals surface area (Å²) in [7, 11) is 1.57. The molecule has 2 aromatic rings. The smallest absolute Gasteiger partial charge is 0.314 e. The number of terminal acetylenes is 1. The van der Waals surface area contributed by atoms with Gasteiger partial charge in [-0.3, -0.25) is 0 Å². The molecule has 0 saturated carbocycles. The van der Waals surface area contributed by atoms with Crippen LogP contribution in [0.5, 0.6) is 11.5 Å². The molecule has 0 bridgehead atoms. The first-order valence-electron chi connectivity index (χ1n) is 7.82. The number of ether oxygens (including phenoxy) is 2. The molecule has 0 aliphatic carbocycles. The predicted octanol–water partition coefficient (Wildman–Crippen LogP) is 0.851. The molecule has 1 aliphatic rings. The fourth-order valence-electron chi connectivity index (χ4n) is 2.83. The van der Waals surface area contributed by atoms with Gasteiger partial charge in [0.15, 0.2) is 11.5 Å². The van der Waals surface area contributed by atoms with Gasteiger partial charge in [-0.05, 0) is 6.07 Å². The fourth-order valence-corrected chi connectivity index (χ4v) is 2.83. The first-order chi connectivity index (χ1) is 12.1. The van der Waals surface area contributed by atoms with E-state index in [2.05, 4.69) is 20.8 Å². The number of rotatable bonds is 4. The zero-order valence-electron chi connectivity index (χ0n) is 13.9. The van der Waals surface area contributed by atoms with Crippen molar-refractivity contribution in [3.63, 3.8) is 0 Å². The Hall–Kier alpha value is -3.21. The monoisotopic (exact) mass is 341 g/mol. The Labute approximate surface area is 145 Å². The van der Waals surface area contributed by atoms with Crippen molar-refractivity contribution >= 4 is 22.8 Å². The summed E-state index contributed by atoms with van der Waals surface area (Å²) in [5.74, 6) is 4.32. The summed E-state index contributed by atoms with van der Waals surface area (Å²) in [4.78, 5) is 23.7. The zero-order chi connectivity index (χ0) is 17.8. The molecule has 2 heterocycles. The number of carbonyl (C=O) groups excluding carboxylic acids is 1. The molecule has 25 heavy (non-hydrogen) atoms. The highest BCUT2D eigenvalue weighted by molar-refractivity contribution is 5.92. The number of anilines is 1. The number of aromatic nitrogens is 2. The summed E-state index contributed by atoms with van der Waals surface area (Å²) >= 11 is 0.